The highest BCUT2D eigenvalue weighted by Gasteiger charge is 2.16. The third-order valence-corrected chi connectivity index (χ3v) is 4.16. The van der Waals surface area contributed by atoms with Crippen molar-refractivity contribution < 1.29 is 14.3 Å². The van der Waals surface area contributed by atoms with Crippen molar-refractivity contribution in [1.82, 2.24) is 5.32 Å². The van der Waals surface area contributed by atoms with Gasteiger partial charge in [0, 0.05) is 13.2 Å². The molecule has 1 aliphatic rings. The van der Waals surface area contributed by atoms with Gasteiger partial charge >= 0.3 is 0 Å². The molecule has 3 rings (SSSR count). The van der Waals surface area contributed by atoms with E-state index in [0.29, 0.717) is 12.3 Å². The third-order valence-electron chi connectivity index (χ3n) is 4.16. The van der Waals surface area contributed by atoms with Crippen LogP contribution in [0.25, 0.3) is 11.1 Å². The SMILES string of the molecule is Cc1ccc(-c2ccc(OCC(=O)NC[C@@H]3CCCO3)cc2)cc1. The minimum absolute atomic E-state index is 0.0244. The van der Waals surface area contributed by atoms with Crippen molar-refractivity contribution in [3.63, 3.8) is 0 Å². The lowest BCUT2D eigenvalue weighted by Gasteiger charge is -2.11. The van der Waals surface area contributed by atoms with E-state index in [-0.39, 0.29) is 18.6 Å². The summed E-state index contributed by atoms with van der Waals surface area (Å²) in [5.74, 6) is 0.575. The van der Waals surface area contributed by atoms with Gasteiger partial charge in [-0.15, -0.1) is 0 Å². The summed E-state index contributed by atoms with van der Waals surface area (Å²) in [7, 11) is 0. The van der Waals surface area contributed by atoms with Crippen LogP contribution in [0.1, 0.15) is 18.4 Å². The topological polar surface area (TPSA) is 47.6 Å². The molecule has 126 valence electrons. The first-order chi connectivity index (χ1) is 11.7. The molecule has 0 radical (unpaired) electrons. The molecule has 2 aromatic carbocycles. The van der Waals surface area contributed by atoms with Crippen LogP contribution in [0.4, 0.5) is 0 Å². The van der Waals surface area contributed by atoms with Crippen LogP contribution in [0.2, 0.25) is 0 Å². The average Bonchev–Trinajstić information content (AvgIpc) is 3.13. The standard InChI is InChI=1S/C20H23NO3/c1-15-4-6-16(7-5-15)17-8-10-18(11-9-17)24-14-20(22)21-13-19-3-2-12-23-19/h4-11,19H,2-3,12-14H2,1H3,(H,21,22)/t19-/m0/s1. The molecule has 0 spiro atoms. The first-order valence-electron chi connectivity index (χ1n) is 8.39. The molecular weight excluding hydrogens is 302 g/mol. The Bertz CT molecular complexity index is 658. The van der Waals surface area contributed by atoms with Crippen molar-refractivity contribution in [1.29, 1.82) is 0 Å². The molecule has 0 aromatic heterocycles. The smallest absolute Gasteiger partial charge is 0.258 e. The molecule has 4 nitrogen and oxygen atoms in total. The van der Waals surface area contributed by atoms with Gasteiger partial charge < -0.3 is 14.8 Å². The molecule has 0 bridgehead atoms. The van der Waals surface area contributed by atoms with E-state index in [1.165, 1.54) is 11.1 Å². The number of ether oxygens (including phenoxy) is 2. The molecule has 1 amide bonds. The van der Waals surface area contributed by atoms with Crippen molar-refractivity contribution in [2.75, 3.05) is 19.8 Å². The van der Waals surface area contributed by atoms with E-state index in [1.807, 2.05) is 24.3 Å². The minimum Gasteiger partial charge on any atom is -0.484 e. The van der Waals surface area contributed by atoms with Gasteiger partial charge in [-0.2, -0.15) is 0 Å². The number of rotatable bonds is 6. The molecule has 1 heterocycles. The number of carbonyl (C=O) groups is 1. The number of aryl methyl sites for hydroxylation is 1. The lowest BCUT2D eigenvalue weighted by molar-refractivity contribution is -0.123. The average molecular weight is 325 g/mol. The summed E-state index contributed by atoms with van der Waals surface area (Å²) in [5, 5.41) is 2.85. The van der Waals surface area contributed by atoms with Crippen LogP contribution >= 0.6 is 0 Å². The third kappa shape index (κ3) is 4.59. The quantitative estimate of drug-likeness (QED) is 0.886. The second-order valence-electron chi connectivity index (χ2n) is 6.12. The van der Waals surface area contributed by atoms with Crippen molar-refractivity contribution in [3.05, 3.63) is 54.1 Å². The Morgan fingerprint density at radius 2 is 1.79 bits per heavy atom. The first-order valence-corrected chi connectivity index (χ1v) is 8.39. The number of benzene rings is 2. The van der Waals surface area contributed by atoms with Crippen molar-refractivity contribution in [2.45, 2.75) is 25.9 Å². The van der Waals surface area contributed by atoms with Crippen LogP contribution in [-0.2, 0) is 9.53 Å². The van der Waals surface area contributed by atoms with E-state index in [1.54, 1.807) is 0 Å². The van der Waals surface area contributed by atoms with E-state index in [9.17, 15) is 4.79 Å². The summed E-state index contributed by atoms with van der Waals surface area (Å²) < 4.78 is 11.0. The molecule has 1 N–H and O–H groups in total. The zero-order chi connectivity index (χ0) is 16.8. The predicted molar refractivity (Wildman–Crippen MR) is 94.1 cm³/mol. The molecular formula is C20H23NO3. The highest BCUT2D eigenvalue weighted by atomic mass is 16.5. The molecule has 1 saturated heterocycles. The highest BCUT2D eigenvalue weighted by Crippen LogP contribution is 2.22. The van der Waals surface area contributed by atoms with Crippen LogP contribution in [0.15, 0.2) is 48.5 Å². The Morgan fingerprint density at radius 3 is 2.42 bits per heavy atom. The summed E-state index contributed by atoms with van der Waals surface area (Å²) >= 11 is 0. The number of hydrogen-bond acceptors (Lipinski definition) is 3. The predicted octanol–water partition coefficient (Wildman–Crippen LogP) is 3.34. The number of nitrogens with one attached hydrogen (secondary N) is 1. The van der Waals surface area contributed by atoms with Gasteiger partial charge in [0.25, 0.3) is 5.91 Å². The number of amides is 1. The largest absolute Gasteiger partial charge is 0.484 e. The lowest BCUT2D eigenvalue weighted by Crippen LogP contribution is -2.35. The Balaban J connectivity index is 1.47. The summed E-state index contributed by atoms with van der Waals surface area (Å²) in [4.78, 5) is 11.8. The fourth-order valence-corrected chi connectivity index (χ4v) is 2.72. The van der Waals surface area contributed by atoms with Crippen LogP contribution in [0.3, 0.4) is 0 Å². The number of hydrogen-bond donors (Lipinski definition) is 1. The van der Waals surface area contributed by atoms with Gasteiger partial charge in [0.2, 0.25) is 0 Å². The normalized spacial score (nSPS) is 16.8. The van der Waals surface area contributed by atoms with E-state index < -0.39 is 0 Å². The Kier molecular flexibility index (Phi) is 5.49. The zero-order valence-electron chi connectivity index (χ0n) is 14.0. The van der Waals surface area contributed by atoms with Gasteiger partial charge in [-0.1, -0.05) is 42.0 Å². The zero-order valence-corrected chi connectivity index (χ0v) is 14.0. The van der Waals surface area contributed by atoms with E-state index in [0.717, 1.165) is 25.0 Å². The van der Waals surface area contributed by atoms with Crippen molar-refractivity contribution >= 4 is 5.91 Å². The molecule has 1 aliphatic heterocycles. The Labute approximate surface area is 142 Å². The summed E-state index contributed by atoms with van der Waals surface area (Å²) in [6, 6.07) is 16.2. The van der Waals surface area contributed by atoms with E-state index in [2.05, 4.69) is 36.5 Å². The van der Waals surface area contributed by atoms with Gasteiger partial charge in [0.1, 0.15) is 5.75 Å². The molecule has 4 heteroatoms. The fraction of sp³-hybridized carbons (Fsp3) is 0.350. The number of carbonyl (C=O) groups excluding carboxylic acids is 1. The second-order valence-corrected chi connectivity index (χ2v) is 6.12. The molecule has 0 unspecified atom stereocenters. The Hall–Kier alpha value is -2.33. The molecule has 1 atom stereocenters. The first kappa shape index (κ1) is 16.5. The molecule has 0 saturated carbocycles. The van der Waals surface area contributed by atoms with Gasteiger partial charge in [-0.05, 0) is 43.0 Å². The highest BCUT2D eigenvalue weighted by molar-refractivity contribution is 5.77. The van der Waals surface area contributed by atoms with Crippen molar-refractivity contribution in [2.24, 2.45) is 0 Å². The second kappa shape index (κ2) is 7.97. The van der Waals surface area contributed by atoms with Gasteiger partial charge in [0.05, 0.1) is 6.10 Å². The van der Waals surface area contributed by atoms with Gasteiger partial charge in [0.15, 0.2) is 6.61 Å². The van der Waals surface area contributed by atoms with Crippen LogP contribution in [-0.4, -0.2) is 31.8 Å². The van der Waals surface area contributed by atoms with Crippen LogP contribution in [0, 0.1) is 6.92 Å². The lowest BCUT2D eigenvalue weighted by atomic mass is 10.0. The van der Waals surface area contributed by atoms with Crippen molar-refractivity contribution in [3.8, 4) is 16.9 Å². The molecule has 2 aromatic rings. The van der Waals surface area contributed by atoms with Gasteiger partial charge in [-0.3, -0.25) is 4.79 Å². The van der Waals surface area contributed by atoms with Gasteiger partial charge in [-0.25, -0.2) is 0 Å². The molecule has 1 fully saturated rings. The van der Waals surface area contributed by atoms with Crippen LogP contribution < -0.4 is 10.1 Å². The Morgan fingerprint density at radius 1 is 1.12 bits per heavy atom. The summed E-state index contributed by atoms with van der Waals surface area (Å²) in [6.45, 7) is 3.46. The maximum atomic E-state index is 11.8. The summed E-state index contributed by atoms with van der Waals surface area (Å²) in [5.41, 5.74) is 3.54. The minimum atomic E-state index is -0.117. The summed E-state index contributed by atoms with van der Waals surface area (Å²) in [6.07, 6.45) is 2.24. The maximum absolute atomic E-state index is 11.8. The van der Waals surface area contributed by atoms with E-state index in [4.69, 9.17) is 9.47 Å². The fourth-order valence-electron chi connectivity index (χ4n) is 2.72. The monoisotopic (exact) mass is 325 g/mol. The molecule has 0 aliphatic carbocycles. The van der Waals surface area contributed by atoms with E-state index >= 15 is 0 Å². The maximum Gasteiger partial charge on any atom is 0.258 e. The van der Waals surface area contributed by atoms with Crippen LogP contribution in [0.5, 0.6) is 5.75 Å². The molecule has 24 heavy (non-hydrogen) atoms.